The third-order valence-electron chi connectivity index (χ3n) is 2.72. The van der Waals surface area contributed by atoms with Crippen LogP contribution < -0.4 is 4.72 Å². The van der Waals surface area contributed by atoms with Crippen LogP contribution in [0.2, 0.25) is 0 Å². The molecule has 22 heavy (non-hydrogen) atoms. The standard InChI is InChI=1S/C12H13F4NO4S/c1-2-3-9(11(18)19)17-22(20,21)10-5-4-7(6-8(10)13)12(14,15)16/h4-6,9,17H,2-3H2,1H3,(H,18,19). The number of hydrogen-bond acceptors (Lipinski definition) is 3. The highest BCUT2D eigenvalue weighted by atomic mass is 32.2. The van der Waals surface area contributed by atoms with Gasteiger partial charge in [0, 0.05) is 0 Å². The van der Waals surface area contributed by atoms with Crippen LogP contribution in [0.1, 0.15) is 25.3 Å². The van der Waals surface area contributed by atoms with Crippen molar-refractivity contribution in [3.05, 3.63) is 29.6 Å². The van der Waals surface area contributed by atoms with Gasteiger partial charge in [0.1, 0.15) is 16.8 Å². The molecule has 2 N–H and O–H groups in total. The minimum absolute atomic E-state index is 0.0448. The van der Waals surface area contributed by atoms with E-state index >= 15 is 0 Å². The van der Waals surface area contributed by atoms with Gasteiger partial charge in [-0.05, 0) is 24.6 Å². The molecule has 1 unspecified atom stereocenters. The van der Waals surface area contributed by atoms with Gasteiger partial charge in [-0.3, -0.25) is 4.79 Å². The van der Waals surface area contributed by atoms with Gasteiger partial charge < -0.3 is 5.11 Å². The van der Waals surface area contributed by atoms with Crippen molar-refractivity contribution >= 4 is 16.0 Å². The summed E-state index contributed by atoms with van der Waals surface area (Å²) in [5, 5.41) is 8.87. The Morgan fingerprint density at radius 1 is 1.36 bits per heavy atom. The number of aliphatic carboxylic acids is 1. The van der Waals surface area contributed by atoms with Crippen molar-refractivity contribution in [3.63, 3.8) is 0 Å². The number of rotatable bonds is 6. The van der Waals surface area contributed by atoms with E-state index in [0.29, 0.717) is 18.6 Å². The fourth-order valence-corrected chi connectivity index (χ4v) is 2.95. The quantitative estimate of drug-likeness (QED) is 0.777. The zero-order valence-electron chi connectivity index (χ0n) is 11.3. The summed E-state index contributed by atoms with van der Waals surface area (Å²) in [7, 11) is -4.59. The Hall–Kier alpha value is -1.68. The Labute approximate surface area is 124 Å². The van der Waals surface area contributed by atoms with E-state index in [-0.39, 0.29) is 12.5 Å². The lowest BCUT2D eigenvalue weighted by Crippen LogP contribution is -2.40. The maximum absolute atomic E-state index is 13.6. The van der Waals surface area contributed by atoms with Crippen LogP contribution in [-0.2, 0) is 21.0 Å². The molecule has 10 heteroatoms. The zero-order valence-corrected chi connectivity index (χ0v) is 12.1. The summed E-state index contributed by atoms with van der Waals surface area (Å²) < 4.78 is 76.4. The first-order valence-corrected chi connectivity index (χ1v) is 7.59. The summed E-state index contributed by atoms with van der Waals surface area (Å²) in [6.45, 7) is 1.61. The number of carbonyl (C=O) groups is 1. The minimum Gasteiger partial charge on any atom is -0.480 e. The first-order chi connectivity index (χ1) is 9.99. The van der Waals surface area contributed by atoms with Crippen molar-refractivity contribution in [2.45, 2.75) is 36.9 Å². The molecule has 0 spiro atoms. The molecule has 0 fully saturated rings. The van der Waals surface area contributed by atoms with E-state index in [1.165, 1.54) is 0 Å². The Morgan fingerprint density at radius 3 is 2.36 bits per heavy atom. The van der Waals surface area contributed by atoms with Crippen LogP contribution in [-0.4, -0.2) is 25.5 Å². The zero-order chi connectivity index (χ0) is 17.1. The van der Waals surface area contributed by atoms with Crippen LogP contribution in [0.15, 0.2) is 23.1 Å². The second kappa shape index (κ2) is 6.61. The SMILES string of the molecule is CCCC(NS(=O)(=O)c1ccc(C(F)(F)F)cc1F)C(=O)O. The van der Waals surface area contributed by atoms with Crippen LogP contribution in [0.4, 0.5) is 17.6 Å². The molecule has 1 aromatic carbocycles. The number of nitrogens with one attached hydrogen (secondary N) is 1. The first-order valence-electron chi connectivity index (χ1n) is 6.11. The van der Waals surface area contributed by atoms with Gasteiger partial charge in [0.2, 0.25) is 10.0 Å². The van der Waals surface area contributed by atoms with E-state index in [2.05, 4.69) is 0 Å². The highest BCUT2D eigenvalue weighted by Gasteiger charge is 2.33. The molecule has 0 radical (unpaired) electrons. The Morgan fingerprint density at radius 2 is 1.95 bits per heavy atom. The first kappa shape index (κ1) is 18.4. The molecule has 0 heterocycles. The maximum atomic E-state index is 13.6. The molecule has 1 aromatic rings. The monoisotopic (exact) mass is 343 g/mol. The second-order valence-electron chi connectivity index (χ2n) is 4.44. The predicted molar refractivity (Wildman–Crippen MR) is 68.1 cm³/mol. The molecule has 0 amide bonds. The number of hydrogen-bond donors (Lipinski definition) is 2. The van der Waals surface area contributed by atoms with Gasteiger partial charge in [0.25, 0.3) is 0 Å². The third kappa shape index (κ3) is 4.41. The van der Waals surface area contributed by atoms with E-state index in [9.17, 15) is 30.8 Å². The molecule has 0 aromatic heterocycles. The molecule has 0 saturated carbocycles. The molecule has 0 aliphatic carbocycles. The highest BCUT2D eigenvalue weighted by Crippen LogP contribution is 2.31. The summed E-state index contributed by atoms with van der Waals surface area (Å²) in [6, 6.07) is -0.584. The van der Waals surface area contributed by atoms with Gasteiger partial charge in [0.15, 0.2) is 0 Å². The smallest absolute Gasteiger partial charge is 0.416 e. The lowest BCUT2D eigenvalue weighted by molar-refractivity contribution is -0.139. The molecule has 0 saturated heterocycles. The summed E-state index contributed by atoms with van der Waals surface area (Å²) in [5.41, 5.74) is -1.34. The Balaban J connectivity index is 3.16. The molecule has 0 bridgehead atoms. The Kier molecular flexibility index (Phi) is 5.52. The van der Waals surface area contributed by atoms with Gasteiger partial charge >= 0.3 is 12.1 Å². The molecular formula is C12H13F4NO4S. The fourth-order valence-electron chi connectivity index (χ4n) is 1.67. The lowest BCUT2D eigenvalue weighted by atomic mass is 10.2. The van der Waals surface area contributed by atoms with Gasteiger partial charge in [-0.2, -0.15) is 17.9 Å². The average molecular weight is 343 g/mol. The number of carboxylic acids is 1. The summed E-state index contributed by atoms with van der Waals surface area (Å²) in [6.07, 6.45) is -4.52. The van der Waals surface area contributed by atoms with Crippen molar-refractivity contribution in [1.82, 2.24) is 4.72 Å². The topological polar surface area (TPSA) is 83.5 Å². The van der Waals surface area contributed by atoms with Crippen molar-refractivity contribution in [2.24, 2.45) is 0 Å². The van der Waals surface area contributed by atoms with Crippen molar-refractivity contribution in [1.29, 1.82) is 0 Å². The highest BCUT2D eigenvalue weighted by molar-refractivity contribution is 7.89. The number of sulfonamides is 1. The van der Waals surface area contributed by atoms with Gasteiger partial charge in [-0.15, -0.1) is 0 Å². The molecule has 0 aliphatic rings. The van der Waals surface area contributed by atoms with Gasteiger partial charge in [-0.1, -0.05) is 13.3 Å². The molecule has 5 nitrogen and oxygen atoms in total. The van der Waals surface area contributed by atoms with Crippen LogP contribution >= 0.6 is 0 Å². The van der Waals surface area contributed by atoms with Gasteiger partial charge in [-0.25, -0.2) is 12.8 Å². The molecule has 124 valence electrons. The van der Waals surface area contributed by atoms with E-state index in [4.69, 9.17) is 5.11 Å². The molecular weight excluding hydrogens is 330 g/mol. The third-order valence-corrected chi connectivity index (χ3v) is 4.23. The minimum atomic E-state index is -4.82. The second-order valence-corrected chi connectivity index (χ2v) is 6.13. The molecule has 1 rings (SSSR count). The largest absolute Gasteiger partial charge is 0.480 e. The summed E-state index contributed by atoms with van der Waals surface area (Å²) >= 11 is 0. The molecule has 0 aliphatic heterocycles. The van der Waals surface area contributed by atoms with Crippen LogP contribution in [0.3, 0.4) is 0 Å². The number of alkyl halides is 3. The maximum Gasteiger partial charge on any atom is 0.416 e. The average Bonchev–Trinajstić information content (AvgIpc) is 2.36. The summed E-state index contributed by atoms with van der Waals surface area (Å²) in [4.78, 5) is 9.86. The van der Waals surface area contributed by atoms with E-state index in [1.54, 1.807) is 11.6 Å². The van der Waals surface area contributed by atoms with E-state index in [0.717, 1.165) is 0 Å². The van der Waals surface area contributed by atoms with Crippen molar-refractivity contribution < 1.29 is 35.9 Å². The number of carboxylic acid groups (broad SMARTS) is 1. The summed E-state index contributed by atoms with van der Waals surface area (Å²) in [5.74, 6) is -3.07. The lowest BCUT2D eigenvalue weighted by Gasteiger charge is -2.15. The predicted octanol–water partition coefficient (Wildman–Crippen LogP) is 2.38. The van der Waals surface area contributed by atoms with Crippen molar-refractivity contribution in [3.8, 4) is 0 Å². The fraction of sp³-hybridized carbons (Fsp3) is 0.417. The Bertz CT molecular complexity index is 658. The van der Waals surface area contributed by atoms with Crippen LogP contribution in [0.25, 0.3) is 0 Å². The van der Waals surface area contributed by atoms with Crippen LogP contribution in [0, 0.1) is 5.82 Å². The normalized spacial score (nSPS) is 13.9. The van der Waals surface area contributed by atoms with Crippen LogP contribution in [0.5, 0.6) is 0 Å². The van der Waals surface area contributed by atoms with E-state index < -0.39 is 44.5 Å². The van der Waals surface area contributed by atoms with Gasteiger partial charge in [0.05, 0.1) is 5.56 Å². The number of benzene rings is 1. The van der Waals surface area contributed by atoms with E-state index in [1.807, 2.05) is 0 Å². The molecule has 1 atom stereocenters. The number of halogens is 4. The van der Waals surface area contributed by atoms with Crippen molar-refractivity contribution in [2.75, 3.05) is 0 Å².